The minimum absolute atomic E-state index is 0.341. The fraction of sp³-hybridized carbons (Fsp3) is 0.500. The largest absolute Gasteiger partial charge is 0.465 e. The molecule has 0 amide bonds. The van der Waals surface area contributed by atoms with Gasteiger partial charge in [-0.05, 0) is 38.1 Å². The van der Waals surface area contributed by atoms with Gasteiger partial charge in [0, 0.05) is 19.2 Å². The number of rotatable bonds is 3. The fourth-order valence-electron chi connectivity index (χ4n) is 2.77. The predicted molar refractivity (Wildman–Crippen MR) is 73.6 cm³/mol. The smallest absolute Gasteiger partial charge is 0.339 e. The van der Waals surface area contributed by atoms with Crippen LogP contribution in [0.25, 0.3) is 5.65 Å². The van der Waals surface area contributed by atoms with Gasteiger partial charge < -0.3 is 9.64 Å². The van der Waals surface area contributed by atoms with Gasteiger partial charge >= 0.3 is 5.97 Å². The average molecular weight is 274 g/mol. The molecule has 2 aromatic heterocycles. The lowest BCUT2D eigenvalue weighted by molar-refractivity contribution is 0.0600. The molecule has 1 aliphatic rings. The molecule has 1 saturated heterocycles. The van der Waals surface area contributed by atoms with Crippen LogP contribution < -0.4 is 0 Å². The Morgan fingerprint density at radius 2 is 2.30 bits per heavy atom. The van der Waals surface area contributed by atoms with Crippen molar-refractivity contribution in [2.24, 2.45) is 5.92 Å². The van der Waals surface area contributed by atoms with Crippen molar-refractivity contribution in [1.82, 2.24) is 19.5 Å². The Balaban J connectivity index is 1.89. The van der Waals surface area contributed by atoms with Crippen LogP contribution in [0.4, 0.5) is 0 Å². The number of hydrogen-bond acceptors (Lipinski definition) is 5. The number of aromatic nitrogens is 3. The molecular formula is C14H18N4O2. The van der Waals surface area contributed by atoms with E-state index in [2.05, 4.69) is 22.1 Å². The quantitative estimate of drug-likeness (QED) is 0.782. The SMILES string of the molecule is COC(=O)c1ccc2nnc(CC3CCN(C)C3)n2c1. The van der Waals surface area contributed by atoms with Crippen molar-refractivity contribution >= 4 is 11.6 Å². The highest BCUT2D eigenvalue weighted by Gasteiger charge is 2.22. The molecule has 1 unspecified atom stereocenters. The number of methoxy groups -OCH3 is 1. The minimum atomic E-state index is -0.341. The Kier molecular flexibility index (Phi) is 3.40. The zero-order valence-corrected chi connectivity index (χ0v) is 11.7. The van der Waals surface area contributed by atoms with E-state index in [9.17, 15) is 4.79 Å². The van der Waals surface area contributed by atoms with Gasteiger partial charge in [0.15, 0.2) is 5.65 Å². The van der Waals surface area contributed by atoms with Crippen molar-refractivity contribution in [2.75, 3.05) is 27.2 Å². The van der Waals surface area contributed by atoms with E-state index in [-0.39, 0.29) is 5.97 Å². The molecule has 0 radical (unpaired) electrons. The second kappa shape index (κ2) is 5.20. The van der Waals surface area contributed by atoms with E-state index in [4.69, 9.17) is 4.74 Å². The summed E-state index contributed by atoms with van der Waals surface area (Å²) < 4.78 is 6.64. The molecule has 0 aromatic carbocycles. The van der Waals surface area contributed by atoms with Gasteiger partial charge in [0.2, 0.25) is 0 Å². The molecule has 3 heterocycles. The Morgan fingerprint density at radius 1 is 1.45 bits per heavy atom. The lowest BCUT2D eigenvalue weighted by Gasteiger charge is -2.09. The standard InChI is InChI=1S/C14H18N4O2/c1-17-6-5-10(8-17)7-13-16-15-12-4-3-11(9-18(12)13)14(19)20-2/h3-4,9-10H,5-8H2,1-2H3. The lowest BCUT2D eigenvalue weighted by Crippen LogP contribution is -2.15. The van der Waals surface area contributed by atoms with Crippen LogP contribution in [0.2, 0.25) is 0 Å². The highest BCUT2D eigenvalue weighted by molar-refractivity contribution is 5.89. The van der Waals surface area contributed by atoms with Crippen molar-refractivity contribution in [3.8, 4) is 0 Å². The molecule has 0 spiro atoms. The van der Waals surface area contributed by atoms with Gasteiger partial charge in [-0.3, -0.25) is 4.40 Å². The van der Waals surface area contributed by atoms with Crippen LogP contribution in [0.15, 0.2) is 18.3 Å². The molecule has 20 heavy (non-hydrogen) atoms. The molecule has 1 atom stereocenters. The number of fused-ring (bicyclic) bond motifs is 1. The maximum Gasteiger partial charge on any atom is 0.339 e. The minimum Gasteiger partial charge on any atom is -0.465 e. The summed E-state index contributed by atoms with van der Waals surface area (Å²) in [6.45, 7) is 2.22. The summed E-state index contributed by atoms with van der Waals surface area (Å²) in [7, 11) is 3.52. The highest BCUT2D eigenvalue weighted by atomic mass is 16.5. The number of hydrogen-bond donors (Lipinski definition) is 0. The summed E-state index contributed by atoms with van der Waals surface area (Å²) in [5.41, 5.74) is 1.28. The number of carbonyl (C=O) groups excluding carboxylic acids is 1. The van der Waals surface area contributed by atoms with Gasteiger partial charge in [-0.15, -0.1) is 10.2 Å². The molecule has 106 valence electrons. The van der Waals surface area contributed by atoms with E-state index in [0.29, 0.717) is 11.5 Å². The Morgan fingerprint density at radius 3 is 3.00 bits per heavy atom. The summed E-state index contributed by atoms with van der Waals surface area (Å²) in [6, 6.07) is 3.51. The lowest BCUT2D eigenvalue weighted by atomic mass is 10.0. The van der Waals surface area contributed by atoms with E-state index < -0.39 is 0 Å². The number of esters is 1. The third-order valence-corrected chi connectivity index (χ3v) is 3.85. The maximum absolute atomic E-state index is 11.6. The van der Waals surface area contributed by atoms with Crippen LogP contribution in [0.1, 0.15) is 22.6 Å². The summed E-state index contributed by atoms with van der Waals surface area (Å²) >= 11 is 0. The van der Waals surface area contributed by atoms with Gasteiger partial charge in [-0.1, -0.05) is 0 Å². The number of pyridine rings is 1. The number of likely N-dealkylation sites (tertiary alicyclic amines) is 1. The summed E-state index contributed by atoms with van der Waals surface area (Å²) in [5.74, 6) is 1.17. The number of carbonyl (C=O) groups is 1. The normalized spacial score (nSPS) is 19.6. The first-order valence-corrected chi connectivity index (χ1v) is 6.78. The third kappa shape index (κ3) is 2.38. The van der Waals surface area contributed by atoms with E-state index in [1.165, 1.54) is 13.5 Å². The first-order valence-electron chi connectivity index (χ1n) is 6.78. The van der Waals surface area contributed by atoms with Gasteiger partial charge in [-0.25, -0.2) is 4.79 Å². The van der Waals surface area contributed by atoms with Crippen LogP contribution in [0.3, 0.4) is 0 Å². The average Bonchev–Trinajstić information content (AvgIpc) is 3.05. The van der Waals surface area contributed by atoms with Crippen LogP contribution >= 0.6 is 0 Å². The summed E-state index contributed by atoms with van der Waals surface area (Å²) in [6.07, 6.45) is 3.83. The van der Waals surface area contributed by atoms with E-state index in [1.54, 1.807) is 18.3 Å². The zero-order valence-electron chi connectivity index (χ0n) is 11.7. The van der Waals surface area contributed by atoms with Crippen molar-refractivity contribution in [3.05, 3.63) is 29.7 Å². The molecular weight excluding hydrogens is 256 g/mol. The summed E-state index contributed by atoms with van der Waals surface area (Å²) in [5, 5.41) is 8.41. The molecule has 1 fully saturated rings. The third-order valence-electron chi connectivity index (χ3n) is 3.85. The Hall–Kier alpha value is -1.95. The Labute approximate surface area is 117 Å². The van der Waals surface area contributed by atoms with Crippen LogP contribution in [-0.2, 0) is 11.2 Å². The van der Waals surface area contributed by atoms with Crippen LogP contribution in [0.5, 0.6) is 0 Å². The van der Waals surface area contributed by atoms with Crippen molar-refractivity contribution < 1.29 is 9.53 Å². The van der Waals surface area contributed by atoms with Gasteiger partial charge in [0.1, 0.15) is 5.82 Å². The van der Waals surface area contributed by atoms with Gasteiger partial charge in [-0.2, -0.15) is 0 Å². The molecule has 1 aliphatic heterocycles. The predicted octanol–water partition coefficient (Wildman–Crippen LogP) is 1.01. The molecule has 0 saturated carbocycles. The van der Waals surface area contributed by atoms with Gasteiger partial charge in [0.25, 0.3) is 0 Å². The van der Waals surface area contributed by atoms with Crippen molar-refractivity contribution in [2.45, 2.75) is 12.8 Å². The Bertz CT molecular complexity index is 637. The molecule has 6 nitrogen and oxygen atoms in total. The second-order valence-electron chi connectivity index (χ2n) is 5.37. The van der Waals surface area contributed by atoms with E-state index >= 15 is 0 Å². The molecule has 6 heteroatoms. The highest BCUT2D eigenvalue weighted by Crippen LogP contribution is 2.19. The maximum atomic E-state index is 11.6. The zero-order chi connectivity index (χ0) is 14.1. The molecule has 3 rings (SSSR count). The topological polar surface area (TPSA) is 59.7 Å². The second-order valence-corrected chi connectivity index (χ2v) is 5.37. The first kappa shape index (κ1) is 13.1. The molecule has 2 aromatic rings. The van der Waals surface area contributed by atoms with Crippen molar-refractivity contribution in [3.63, 3.8) is 0 Å². The first-order chi connectivity index (χ1) is 9.67. The molecule has 0 N–H and O–H groups in total. The number of nitrogens with zero attached hydrogens (tertiary/aromatic N) is 4. The molecule has 0 aliphatic carbocycles. The number of ether oxygens (including phenoxy) is 1. The van der Waals surface area contributed by atoms with Crippen LogP contribution in [0, 0.1) is 5.92 Å². The summed E-state index contributed by atoms with van der Waals surface area (Å²) in [4.78, 5) is 13.9. The molecule has 0 bridgehead atoms. The van der Waals surface area contributed by atoms with Crippen LogP contribution in [-0.4, -0.2) is 52.7 Å². The monoisotopic (exact) mass is 274 g/mol. The van der Waals surface area contributed by atoms with Gasteiger partial charge in [0.05, 0.1) is 12.7 Å². The van der Waals surface area contributed by atoms with E-state index in [0.717, 1.165) is 31.0 Å². The fourth-order valence-corrected chi connectivity index (χ4v) is 2.77. The van der Waals surface area contributed by atoms with E-state index in [1.807, 2.05) is 4.40 Å². The van der Waals surface area contributed by atoms with Crippen molar-refractivity contribution in [1.29, 1.82) is 0 Å².